The topological polar surface area (TPSA) is 21.3 Å². The Kier molecular flexibility index (Phi) is 4.29. The third kappa shape index (κ3) is 3.00. The molecule has 2 fully saturated rings. The standard InChI is InChI=1S/C15H19BrFNOS/c1-10-6-12(16)13(17)7-14(10)18-11-2-4-19-15(8-11)3-5-20-9-15/h6-7,11,18H,2-5,8-9H2,1H3. The van der Waals surface area contributed by atoms with Gasteiger partial charge in [-0.15, -0.1) is 0 Å². The quantitative estimate of drug-likeness (QED) is 0.847. The van der Waals surface area contributed by atoms with E-state index in [2.05, 4.69) is 21.2 Å². The molecule has 0 aliphatic carbocycles. The summed E-state index contributed by atoms with van der Waals surface area (Å²) in [6, 6.07) is 3.80. The van der Waals surface area contributed by atoms with E-state index in [1.54, 1.807) is 6.07 Å². The van der Waals surface area contributed by atoms with E-state index in [0.717, 1.165) is 42.9 Å². The molecule has 2 aliphatic rings. The molecule has 110 valence electrons. The Balaban J connectivity index is 1.73. The predicted octanol–water partition coefficient (Wildman–Crippen LogP) is 4.36. The summed E-state index contributed by atoms with van der Waals surface area (Å²) in [5, 5.41) is 3.52. The molecule has 2 atom stereocenters. The lowest BCUT2D eigenvalue weighted by Crippen LogP contribution is -2.44. The van der Waals surface area contributed by atoms with Gasteiger partial charge in [-0.3, -0.25) is 0 Å². The van der Waals surface area contributed by atoms with Crippen LogP contribution in [0.3, 0.4) is 0 Å². The van der Waals surface area contributed by atoms with Crippen molar-refractivity contribution in [2.24, 2.45) is 0 Å². The van der Waals surface area contributed by atoms with Crippen LogP contribution >= 0.6 is 27.7 Å². The van der Waals surface area contributed by atoms with E-state index in [1.165, 1.54) is 5.75 Å². The lowest BCUT2D eigenvalue weighted by atomic mass is 9.89. The summed E-state index contributed by atoms with van der Waals surface area (Å²) in [5.74, 6) is 2.08. The second-order valence-electron chi connectivity index (χ2n) is 5.75. The molecule has 1 N–H and O–H groups in total. The Hall–Kier alpha value is -0.260. The van der Waals surface area contributed by atoms with Crippen LogP contribution in [0.5, 0.6) is 0 Å². The van der Waals surface area contributed by atoms with Crippen molar-refractivity contribution in [2.75, 3.05) is 23.4 Å². The molecule has 0 amide bonds. The fraction of sp³-hybridized carbons (Fsp3) is 0.600. The second kappa shape index (κ2) is 5.85. The Labute approximate surface area is 132 Å². The molecule has 0 bridgehead atoms. The molecule has 5 heteroatoms. The van der Waals surface area contributed by atoms with E-state index in [9.17, 15) is 4.39 Å². The number of hydrogen-bond acceptors (Lipinski definition) is 3. The number of ether oxygens (including phenoxy) is 1. The van der Waals surface area contributed by atoms with Crippen LogP contribution in [-0.2, 0) is 4.74 Å². The molecule has 1 spiro atoms. The molecule has 20 heavy (non-hydrogen) atoms. The van der Waals surface area contributed by atoms with Crippen LogP contribution in [0, 0.1) is 12.7 Å². The molecule has 2 nitrogen and oxygen atoms in total. The third-order valence-electron chi connectivity index (χ3n) is 4.19. The van der Waals surface area contributed by atoms with Crippen LogP contribution in [0.2, 0.25) is 0 Å². The fourth-order valence-electron chi connectivity index (χ4n) is 3.04. The van der Waals surface area contributed by atoms with Gasteiger partial charge >= 0.3 is 0 Å². The normalized spacial score (nSPS) is 29.9. The minimum Gasteiger partial charge on any atom is -0.382 e. The maximum atomic E-state index is 13.7. The van der Waals surface area contributed by atoms with Gasteiger partial charge in [0.25, 0.3) is 0 Å². The van der Waals surface area contributed by atoms with Gasteiger partial charge < -0.3 is 10.1 Å². The van der Waals surface area contributed by atoms with Crippen LogP contribution < -0.4 is 5.32 Å². The molecule has 3 rings (SSSR count). The number of benzene rings is 1. The zero-order valence-electron chi connectivity index (χ0n) is 11.5. The van der Waals surface area contributed by atoms with E-state index < -0.39 is 0 Å². The number of thioether (sulfide) groups is 1. The number of anilines is 1. The highest BCUT2D eigenvalue weighted by Gasteiger charge is 2.40. The molecular weight excluding hydrogens is 341 g/mol. The van der Waals surface area contributed by atoms with Gasteiger partial charge in [0.2, 0.25) is 0 Å². The minimum absolute atomic E-state index is 0.0579. The predicted molar refractivity (Wildman–Crippen MR) is 86.1 cm³/mol. The van der Waals surface area contributed by atoms with Gasteiger partial charge in [0, 0.05) is 24.1 Å². The van der Waals surface area contributed by atoms with Gasteiger partial charge in [0.15, 0.2) is 0 Å². The maximum absolute atomic E-state index is 13.7. The van der Waals surface area contributed by atoms with E-state index >= 15 is 0 Å². The highest BCUT2D eigenvalue weighted by molar-refractivity contribution is 9.10. The molecule has 2 unspecified atom stereocenters. The summed E-state index contributed by atoms with van der Waals surface area (Å²) in [5.41, 5.74) is 2.03. The number of halogens is 2. The molecule has 1 aromatic rings. The molecule has 1 aromatic carbocycles. The number of aryl methyl sites for hydroxylation is 1. The van der Waals surface area contributed by atoms with Crippen LogP contribution in [0.4, 0.5) is 10.1 Å². The lowest BCUT2D eigenvalue weighted by molar-refractivity contribution is -0.0628. The first kappa shape index (κ1) is 14.7. The van der Waals surface area contributed by atoms with Crippen molar-refractivity contribution in [3.63, 3.8) is 0 Å². The Morgan fingerprint density at radius 1 is 1.50 bits per heavy atom. The van der Waals surface area contributed by atoms with E-state index in [0.29, 0.717) is 10.5 Å². The summed E-state index contributed by atoms with van der Waals surface area (Å²) >= 11 is 5.20. The Morgan fingerprint density at radius 3 is 3.10 bits per heavy atom. The smallest absolute Gasteiger partial charge is 0.139 e. The van der Waals surface area contributed by atoms with Crippen molar-refractivity contribution in [1.29, 1.82) is 0 Å². The average Bonchev–Trinajstić information content (AvgIpc) is 2.84. The van der Waals surface area contributed by atoms with Gasteiger partial charge in [0.05, 0.1) is 10.1 Å². The summed E-state index contributed by atoms with van der Waals surface area (Å²) < 4.78 is 20.2. The molecule has 2 aliphatic heterocycles. The number of hydrogen-bond donors (Lipinski definition) is 1. The van der Waals surface area contributed by atoms with Gasteiger partial charge in [-0.05, 0) is 65.6 Å². The summed E-state index contributed by atoms with van der Waals surface area (Å²) in [6.45, 7) is 2.81. The van der Waals surface area contributed by atoms with Crippen molar-refractivity contribution in [2.45, 2.75) is 37.8 Å². The van der Waals surface area contributed by atoms with Crippen molar-refractivity contribution < 1.29 is 9.13 Å². The first-order valence-corrected chi connectivity index (χ1v) is 8.97. The first-order valence-electron chi connectivity index (χ1n) is 7.02. The molecular formula is C15H19BrFNOS. The van der Waals surface area contributed by atoms with Crippen molar-refractivity contribution in [1.82, 2.24) is 0 Å². The van der Waals surface area contributed by atoms with Crippen LogP contribution in [-0.4, -0.2) is 29.8 Å². The van der Waals surface area contributed by atoms with Gasteiger partial charge in [-0.2, -0.15) is 11.8 Å². The molecule has 2 saturated heterocycles. The van der Waals surface area contributed by atoms with Crippen LogP contribution in [0.15, 0.2) is 16.6 Å². The monoisotopic (exact) mass is 359 g/mol. The SMILES string of the molecule is Cc1cc(Br)c(F)cc1NC1CCOC2(CCSC2)C1. The van der Waals surface area contributed by atoms with E-state index in [1.807, 2.05) is 24.8 Å². The number of nitrogens with one attached hydrogen (secondary N) is 1. The average molecular weight is 360 g/mol. The Bertz CT molecular complexity index is 505. The second-order valence-corrected chi connectivity index (χ2v) is 7.71. The van der Waals surface area contributed by atoms with E-state index in [4.69, 9.17) is 4.74 Å². The molecule has 0 saturated carbocycles. The molecule has 0 aromatic heterocycles. The van der Waals surface area contributed by atoms with Gasteiger partial charge in [-0.25, -0.2) is 4.39 Å². The lowest BCUT2D eigenvalue weighted by Gasteiger charge is -2.38. The van der Waals surface area contributed by atoms with Gasteiger partial charge in [-0.1, -0.05) is 0 Å². The summed E-state index contributed by atoms with van der Waals surface area (Å²) in [7, 11) is 0. The highest BCUT2D eigenvalue weighted by Crippen LogP contribution is 2.39. The van der Waals surface area contributed by atoms with Crippen LogP contribution in [0.25, 0.3) is 0 Å². The zero-order valence-corrected chi connectivity index (χ0v) is 13.9. The minimum atomic E-state index is -0.212. The first-order chi connectivity index (χ1) is 9.58. The van der Waals surface area contributed by atoms with Crippen LogP contribution in [0.1, 0.15) is 24.8 Å². The zero-order chi connectivity index (χ0) is 14.2. The number of rotatable bonds is 2. The van der Waals surface area contributed by atoms with Crippen molar-refractivity contribution in [3.05, 3.63) is 28.0 Å². The van der Waals surface area contributed by atoms with Gasteiger partial charge in [0.1, 0.15) is 5.82 Å². The highest BCUT2D eigenvalue weighted by atomic mass is 79.9. The van der Waals surface area contributed by atoms with E-state index in [-0.39, 0.29) is 11.4 Å². The molecule has 0 radical (unpaired) electrons. The largest absolute Gasteiger partial charge is 0.382 e. The Morgan fingerprint density at radius 2 is 2.35 bits per heavy atom. The molecule has 2 heterocycles. The summed E-state index contributed by atoms with van der Waals surface area (Å²) in [4.78, 5) is 0. The van der Waals surface area contributed by atoms with Crippen molar-refractivity contribution >= 4 is 33.4 Å². The van der Waals surface area contributed by atoms with Crippen molar-refractivity contribution in [3.8, 4) is 0 Å². The third-order valence-corrected chi connectivity index (χ3v) is 6.02. The maximum Gasteiger partial charge on any atom is 0.139 e. The summed E-state index contributed by atoms with van der Waals surface area (Å²) in [6.07, 6.45) is 3.16. The fourth-order valence-corrected chi connectivity index (χ4v) is 4.87.